The molecule has 0 aromatic carbocycles. The monoisotopic (exact) mass is 291 g/mol. The van der Waals surface area contributed by atoms with E-state index < -0.39 is 0 Å². The molecule has 116 valence electrons. The number of pyridine rings is 1. The molecule has 1 aliphatic heterocycles. The molecule has 2 rings (SSSR count). The third-order valence-electron chi connectivity index (χ3n) is 3.89. The Kier molecular flexibility index (Phi) is 5.17. The zero-order chi connectivity index (χ0) is 15.4. The summed E-state index contributed by atoms with van der Waals surface area (Å²) >= 11 is 0. The molecule has 0 spiro atoms. The summed E-state index contributed by atoms with van der Waals surface area (Å²) in [6.45, 7) is 7.01. The fourth-order valence-corrected chi connectivity index (χ4v) is 2.93. The van der Waals surface area contributed by atoms with E-state index in [0.717, 1.165) is 31.6 Å². The maximum Gasteiger partial charge on any atom is 0.227 e. The van der Waals surface area contributed by atoms with Crippen LogP contribution in [0.5, 0.6) is 5.75 Å². The maximum absolute atomic E-state index is 12.6. The Bertz CT molecular complexity index is 488. The minimum atomic E-state index is 0.109. The van der Waals surface area contributed by atoms with Gasteiger partial charge in [0.25, 0.3) is 0 Å². The molecule has 21 heavy (non-hydrogen) atoms. The van der Waals surface area contributed by atoms with Gasteiger partial charge in [0.05, 0.1) is 12.6 Å². The van der Waals surface area contributed by atoms with Crippen LogP contribution in [0.4, 0.5) is 0 Å². The molecule has 5 nitrogen and oxygen atoms in total. The van der Waals surface area contributed by atoms with E-state index in [1.807, 2.05) is 4.90 Å². The fourth-order valence-electron chi connectivity index (χ4n) is 2.93. The van der Waals surface area contributed by atoms with Crippen molar-refractivity contribution in [3.05, 3.63) is 24.0 Å². The maximum atomic E-state index is 12.6. The quantitative estimate of drug-likeness (QED) is 0.914. The summed E-state index contributed by atoms with van der Waals surface area (Å²) in [5.74, 6) is 0.804. The van der Waals surface area contributed by atoms with Crippen molar-refractivity contribution < 1.29 is 9.90 Å². The molecule has 1 aromatic rings. The van der Waals surface area contributed by atoms with Gasteiger partial charge in [0.1, 0.15) is 5.75 Å². The number of piperazine rings is 1. The van der Waals surface area contributed by atoms with Crippen LogP contribution < -0.4 is 0 Å². The lowest BCUT2D eigenvalue weighted by molar-refractivity contribution is -0.135. The highest BCUT2D eigenvalue weighted by Crippen LogP contribution is 2.18. The topological polar surface area (TPSA) is 56.7 Å². The van der Waals surface area contributed by atoms with Crippen LogP contribution in [0.25, 0.3) is 0 Å². The number of likely N-dealkylation sites (N-methyl/N-ethyl adjacent to an activating group) is 1. The SMILES string of the molecule is CC(C)CC1CN(C)CCN1C(=O)Cc1cncc(O)c1. The van der Waals surface area contributed by atoms with Crippen molar-refractivity contribution in [3.63, 3.8) is 0 Å². The third-order valence-corrected chi connectivity index (χ3v) is 3.89. The average Bonchev–Trinajstić information content (AvgIpc) is 2.37. The number of amides is 1. The van der Waals surface area contributed by atoms with Crippen molar-refractivity contribution in [2.24, 2.45) is 5.92 Å². The number of rotatable bonds is 4. The van der Waals surface area contributed by atoms with E-state index in [1.54, 1.807) is 12.3 Å². The van der Waals surface area contributed by atoms with Gasteiger partial charge in [-0.15, -0.1) is 0 Å². The Morgan fingerprint density at radius 1 is 1.43 bits per heavy atom. The zero-order valence-electron chi connectivity index (χ0n) is 13.1. The van der Waals surface area contributed by atoms with Gasteiger partial charge in [-0.25, -0.2) is 0 Å². The zero-order valence-corrected chi connectivity index (χ0v) is 13.1. The molecule has 1 aliphatic rings. The summed E-state index contributed by atoms with van der Waals surface area (Å²) in [5.41, 5.74) is 0.766. The standard InChI is InChI=1S/C16H25N3O2/c1-12(2)6-14-11-18(3)4-5-19(14)16(21)8-13-7-15(20)10-17-9-13/h7,9-10,12,14,20H,4-6,8,11H2,1-3H3. The molecule has 0 bridgehead atoms. The van der Waals surface area contributed by atoms with Crippen LogP contribution in [0, 0.1) is 5.92 Å². The number of aromatic nitrogens is 1. The van der Waals surface area contributed by atoms with Crippen LogP contribution in [0.15, 0.2) is 18.5 Å². The van der Waals surface area contributed by atoms with Crippen molar-refractivity contribution in [2.75, 3.05) is 26.7 Å². The van der Waals surface area contributed by atoms with Gasteiger partial charge in [-0.1, -0.05) is 13.8 Å². The van der Waals surface area contributed by atoms with E-state index in [4.69, 9.17) is 0 Å². The largest absolute Gasteiger partial charge is 0.506 e. The molecule has 0 radical (unpaired) electrons. The van der Waals surface area contributed by atoms with Gasteiger partial charge < -0.3 is 14.9 Å². The molecule has 1 fully saturated rings. The van der Waals surface area contributed by atoms with Crippen molar-refractivity contribution in [1.82, 2.24) is 14.8 Å². The van der Waals surface area contributed by atoms with Gasteiger partial charge in [0.15, 0.2) is 0 Å². The first-order valence-corrected chi connectivity index (χ1v) is 7.56. The predicted octanol–water partition coefficient (Wildman–Crippen LogP) is 1.52. The molecule has 1 N–H and O–H groups in total. The highest BCUT2D eigenvalue weighted by Gasteiger charge is 2.29. The smallest absolute Gasteiger partial charge is 0.227 e. The predicted molar refractivity (Wildman–Crippen MR) is 82.1 cm³/mol. The molecule has 0 aliphatic carbocycles. The summed E-state index contributed by atoms with van der Waals surface area (Å²) < 4.78 is 0. The number of carbonyl (C=O) groups excluding carboxylic acids is 1. The lowest BCUT2D eigenvalue weighted by Crippen LogP contribution is -2.54. The van der Waals surface area contributed by atoms with Crippen LogP contribution in [-0.4, -0.2) is 58.5 Å². The first kappa shape index (κ1) is 15.8. The second-order valence-corrected chi connectivity index (χ2v) is 6.36. The summed E-state index contributed by atoms with van der Waals surface area (Å²) in [6.07, 6.45) is 4.35. The van der Waals surface area contributed by atoms with Crippen LogP contribution >= 0.6 is 0 Å². The minimum Gasteiger partial charge on any atom is -0.506 e. The van der Waals surface area contributed by atoms with E-state index in [2.05, 4.69) is 30.8 Å². The van der Waals surface area contributed by atoms with E-state index in [-0.39, 0.29) is 17.7 Å². The molecular formula is C16H25N3O2. The number of carbonyl (C=O) groups is 1. The molecule has 5 heteroatoms. The highest BCUT2D eigenvalue weighted by atomic mass is 16.3. The van der Waals surface area contributed by atoms with E-state index in [1.165, 1.54) is 6.20 Å². The van der Waals surface area contributed by atoms with Gasteiger partial charge in [0, 0.05) is 31.9 Å². The van der Waals surface area contributed by atoms with Crippen molar-refractivity contribution >= 4 is 5.91 Å². The summed E-state index contributed by atoms with van der Waals surface area (Å²) in [7, 11) is 2.11. The second-order valence-electron chi connectivity index (χ2n) is 6.36. The molecule has 0 saturated carbocycles. The molecule has 1 amide bonds. The normalized spacial score (nSPS) is 20.0. The van der Waals surface area contributed by atoms with Gasteiger partial charge in [0.2, 0.25) is 5.91 Å². The van der Waals surface area contributed by atoms with Crippen molar-refractivity contribution in [2.45, 2.75) is 32.7 Å². The Labute approximate surface area is 126 Å². The molecule has 1 saturated heterocycles. The summed E-state index contributed by atoms with van der Waals surface area (Å²) in [6, 6.07) is 1.89. The second kappa shape index (κ2) is 6.89. The molecular weight excluding hydrogens is 266 g/mol. The summed E-state index contributed by atoms with van der Waals surface area (Å²) in [4.78, 5) is 20.8. The number of hydrogen-bond donors (Lipinski definition) is 1. The number of aromatic hydroxyl groups is 1. The van der Waals surface area contributed by atoms with E-state index in [9.17, 15) is 9.90 Å². The average molecular weight is 291 g/mol. The van der Waals surface area contributed by atoms with Crippen LogP contribution in [-0.2, 0) is 11.2 Å². The molecule has 2 heterocycles. The third kappa shape index (κ3) is 4.43. The van der Waals surface area contributed by atoms with E-state index in [0.29, 0.717) is 12.3 Å². The Morgan fingerprint density at radius 2 is 2.19 bits per heavy atom. The Balaban J connectivity index is 2.04. The van der Waals surface area contributed by atoms with Crippen molar-refractivity contribution in [1.29, 1.82) is 0 Å². The van der Waals surface area contributed by atoms with Crippen molar-refractivity contribution in [3.8, 4) is 5.75 Å². The number of hydrogen-bond acceptors (Lipinski definition) is 4. The lowest BCUT2D eigenvalue weighted by Gasteiger charge is -2.41. The fraction of sp³-hybridized carbons (Fsp3) is 0.625. The molecule has 1 unspecified atom stereocenters. The van der Waals surface area contributed by atoms with E-state index >= 15 is 0 Å². The lowest BCUT2D eigenvalue weighted by atomic mass is 9.99. The first-order chi connectivity index (χ1) is 9.95. The number of nitrogens with zero attached hydrogens (tertiary/aromatic N) is 3. The van der Waals surface area contributed by atoms with Crippen LogP contribution in [0.2, 0.25) is 0 Å². The molecule has 1 atom stereocenters. The molecule has 1 aromatic heterocycles. The Morgan fingerprint density at radius 3 is 2.86 bits per heavy atom. The van der Waals surface area contributed by atoms with Gasteiger partial charge in [-0.2, -0.15) is 0 Å². The van der Waals surface area contributed by atoms with Crippen LogP contribution in [0.1, 0.15) is 25.8 Å². The minimum absolute atomic E-state index is 0.109. The van der Waals surface area contributed by atoms with Crippen LogP contribution in [0.3, 0.4) is 0 Å². The van der Waals surface area contributed by atoms with Gasteiger partial charge in [-0.05, 0) is 31.0 Å². The first-order valence-electron chi connectivity index (χ1n) is 7.56. The summed E-state index contributed by atoms with van der Waals surface area (Å²) in [5, 5.41) is 9.45. The van der Waals surface area contributed by atoms with Gasteiger partial charge >= 0.3 is 0 Å². The Hall–Kier alpha value is -1.62. The highest BCUT2D eigenvalue weighted by molar-refractivity contribution is 5.79. The van der Waals surface area contributed by atoms with Gasteiger partial charge in [-0.3, -0.25) is 9.78 Å².